The second-order valence-corrected chi connectivity index (χ2v) is 7.38. The van der Waals surface area contributed by atoms with E-state index in [1.54, 1.807) is 37.7 Å². The van der Waals surface area contributed by atoms with Gasteiger partial charge in [0.1, 0.15) is 5.00 Å². The number of thiophene rings is 1. The first-order chi connectivity index (χ1) is 14.4. The topological polar surface area (TPSA) is 154 Å². The van der Waals surface area contributed by atoms with Crippen LogP contribution in [-0.4, -0.2) is 90.1 Å². The van der Waals surface area contributed by atoms with Crippen LogP contribution in [0.25, 0.3) is 0 Å². The number of carbonyl (C=O) groups is 5. The zero-order valence-corrected chi connectivity index (χ0v) is 19.3. The third-order valence-electron chi connectivity index (χ3n) is 3.77. The van der Waals surface area contributed by atoms with E-state index in [2.05, 4.69) is 5.32 Å². The van der Waals surface area contributed by atoms with Crippen LogP contribution in [-0.2, 0) is 19.1 Å². The molecule has 2 amide bonds. The Labute approximate surface area is 184 Å². The molecule has 11 nitrogen and oxygen atoms in total. The number of anilines is 1. The molecule has 0 saturated carbocycles. The average Bonchev–Trinajstić information content (AvgIpc) is 2.98. The molecule has 0 saturated heterocycles. The molecule has 0 bridgehead atoms. The highest BCUT2D eigenvalue weighted by Crippen LogP contribution is 2.34. The Balaban J connectivity index is 0.00000131. The zero-order chi connectivity index (χ0) is 24.3. The van der Waals surface area contributed by atoms with E-state index in [1.165, 1.54) is 0 Å². The van der Waals surface area contributed by atoms with E-state index in [1.807, 2.05) is 13.8 Å². The van der Waals surface area contributed by atoms with Crippen molar-refractivity contribution in [2.75, 3.05) is 45.7 Å². The Morgan fingerprint density at radius 1 is 1.00 bits per heavy atom. The van der Waals surface area contributed by atoms with E-state index < -0.39 is 17.9 Å². The van der Waals surface area contributed by atoms with Gasteiger partial charge in [-0.25, -0.2) is 14.4 Å². The third kappa shape index (κ3) is 8.72. The van der Waals surface area contributed by atoms with Crippen LogP contribution in [0.2, 0.25) is 0 Å². The predicted octanol–water partition coefficient (Wildman–Crippen LogP) is 1.37. The van der Waals surface area contributed by atoms with Crippen molar-refractivity contribution in [3.8, 4) is 0 Å². The van der Waals surface area contributed by atoms with Gasteiger partial charge >= 0.3 is 17.9 Å². The molecule has 0 atom stereocenters. The van der Waals surface area contributed by atoms with Gasteiger partial charge in [-0.05, 0) is 47.4 Å². The normalized spacial score (nSPS) is 10.0. The van der Waals surface area contributed by atoms with Gasteiger partial charge < -0.3 is 30.1 Å². The minimum atomic E-state index is -1.82. The molecule has 12 heteroatoms. The lowest BCUT2D eigenvalue weighted by molar-refractivity contribution is -0.159. The highest BCUT2D eigenvalue weighted by Gasteiger charge is 2.28. The van der Waals surface area contributed by atoms with Crippen LogP contribution in [0, 0.1) is 6.92 Å². The van der Waals surface area contributed by atoms with Crippen molar-refractivity contribution in [1.82, 2.24) is 9.80 Å². The molecule has 174 valence electrons. The number of carbonyl (C=O) groups excluding carboxylic acids is 3. The summed E-state index contributed by atoms with van der Waals surface area (Å²) in [4.78, 5) is 59.2. The summed E-state index contributed by atoms with van der Waals surface area (Å²) >= 11 is 1.12. The number of amides is 2. The molecule has 0 aromatic carbocycles. The molecule has 0 unspecified atom stereocenters. The number of nitrogens with one attached hydrogen (secondary N) is 1. The van der Waals surface area contributed by atoms with Crippen molar-refractivity contribution in [3.05, 3.63) is 16.0 Å². The van der Waals surface area contributed by atoms with Crippen molar-refractivity contribution in [3.63, 3.8) is 0 Å². The Hall–Kier alpha value is -2.99. The number of hydrogen-bond acceptors (Lipinski definition) is 8. The van der Waals surface area contributed by atoms with Crippen molar-refractivity contribution < 1.29 is 38.9 Å². The Kier molecular flexibility index (Phi) is 12.1. The van der Waals surface area contributed by atoms with Gasteiger partial charge in [0, 0.05) is 13.1 Å². The number of esters is 1. The molecule has 0 aliphatic heterocycles. The average molecular weight is 460 g/mol. The second kappa shape index (κ2) is 13.3. The molecule has 0 radical (unpaired) electrons. The number of aliphatic carboxylic acids is 2. The lowest BCUT2D eigenvalue weighted by Gasteiger charge is -2.18. The van der Waals surface area contributed by atoms with Crippen LogP contribution < -0.4 is 5.32 Å². The number of nitrogens with zero attached hydrogens (tertiary/aromatic N) is 2. The van der Waals surface area contributed by atoms with Gasteiger partial charge in [-0.15, -0.1) is 11.3 Å². The highest BCUT2D eigenvalue weighted by molar-refractivity contribution is 7.18. The predicted molar refractivity (Wildman–Crippen MR) is 115 cm³/mol. The second-order valence-electron chi connectivity index (χ2n) is 6.35. The fraction of sp³-hybridized carbons (Fsp3) is 0.526. The van der Waals surface area contributed by atoms with Crippen molar-refractivity contribution >= 4 is 46.1 Å². The Morgan fingerprint density at radius 3 is 1.90 bits per heavy atom. The molecule has 31 heavy (non-hydrogen) atoms. The summed E-state index contributed by atoms with van der Waals surface area (Å²) in [6.07, 6.45) is 0. The lowest BCUT2D eigenvalue weighted by Crippen LogP contribution is -2.30. The van der Waals surface area contributed by atoms with E-state index in [9.17, 15) is 14.4 Å². The van der Waals surface area contributed by atoms with Gasteiger partial charge in [-0.1, -0.05) is 0 Å². The zero-order valence-electron chi connectivity index (χ0n) is 18.5. The molecule has 0 fully saturated rings. The molecule has 1 aromatic heterocycles. The lowest BCUT2D eigenvalue weighted by atomic mass is 10.1. The number of hydrogen-bond donors (Lipinski definition) is 3. The fourth-order valence-electron chi connectivity index (χ4n) is 2.36. The number of carboxylic acids is 2. The minimum Gasteiger partial charge on any atom is -0.473 e. The van der Waals surface area contributed by atoms with Gasteiger partial charge in [-0.3, -0.25) is 9.59 Å². The van der Waals surface area contributed by atoms with E-state index in [0.717, 1.165) is 11.3 Å². The van der Waals surface area contributed by atoms with Gasteiger partial charge in [0.25, 0.3) is 5.91 Å². The SMILES string of the molecule is CCOC(=O)c1c(NC(=O)CN(C)C)sc(C(=O)N(CC)CC)c1C.O=C(O)C(=O)O. The largest absolute Gasteiger partial charge is 0.473 e. The van der Waals surface area contributed by atoms with Crippen LogP contribution in [0.3, 0.4) is 0 Å². The quantitative estimate of drug-likeness (QED) is 0.386. The maximum absolute atomic E-state index is 12.7. The monoisotopic (exact) mass is 459 g/mol. The van der Waals surface area contributed by atoms with Gasteiger partial charge in [0.15, 0.2) is 0 Å². The molecular formula is C19H29N3O8S. The maximum Gasteiger partial charge on any atom is 0.414 e. The summed E-state index contributed by atoms with van der Waals surface area (Å²) in [5.74, 6) is -4.58. The minimum absolute atomic E-state index is 0.147. The molecule has 0 aliphatic carbocycles. The van der Waals surface area contributed by atoms with Gasteiger partial charge in [-0.2, -0.15) is 0 Å². The first-order valence-electron chi connectivity index (χ1n) is 9.41. The molecule has 1 rings (SSSR count). The Bertz CT molecular complexity index is 803. The van der Waals surface area contributed by atoms with E-state index >= 15 is 0 Å². The number of likely N-dealkylation sites (N-methyl/N-ethyl adjacent to an activating group) is 1. The molecule has 0 aliphatic rings. The number of carboxylic acid groups (broad SMARTS) is 2. The number of ether oxygens (including phenoxy) is 1. The standard InChI is InChI=1S/C17H27N3O4S.C2H2O4/c1-7-20(8-2)16(22)14-11(4)13(17(23)24-9-3)15(25-14)18-12(21)10-19(5)6;3-1(4)2(5)6/h7-10H2,1-6H3,(H,18,21);(H,3,4)(H,5,6). The maximum atomic E-state index is 12.7. The first-order valence-corrected chi connectivity index (χ1v) is 10.2. The summed E-state index contributed by atoms with van der Waals surface area (Å²) in [5.41, 5.74) is 0.801. The van der Waals surface area contributed by atoms with Crippen LogP contribution in [0.1, 0.15) is 46.4 Å². The molecule has 1 aromatic rings. The summed E-state index contributed by atoms with van der Waals surface area (Å²) in [6, 6.07) is 0. The summed E-state index contributed by atoms with van der Waals surface area (Å²) in [5, 5.41) is 17.9. The number of rotatable bonds is 8. The first kappa shape index (κ1) is 28.0. The summed E-state index contributed by atoms with van der Waals surface area (Å²) in [6.45, 7) is 8.77. The smallest absolute Gasteiger partial charge is 0.414 e. The van der Waals surface area contributed by atoms with E-state index in [4.69, 9.17) is 24.5 Å². The molecule has 3 N–H and O–H groups in total. The summed E-state index contributed by atoms with van der Waals surface area (Å²) in [7, 11) is 3.56. The van der Waals surface area contributed by atoms with E-state index in [-0.39, 0.29) is 30.5 Å². The van der Waals surface area contributed by atoms with Crippen molar-refractivity contribution in [1.29, 1.82) is 0 Å². The van der Waals surface area contributed by atoms with E-state index in [0.29, 0.717) is 28.5 Å². The molecule has 0 spiro atoms. The van der Waals surface area contributed by atoms with Gasteiger partial charge in [0.2, 0.25) is 5.91 Å². The van der Waals surface area contributed by atoms with Crippen LogP contribution in [0.5, 0.6) is 0 Å². The van der Waals surface area contributed by atoms with Crippen LogP contribution in [0.15, 0.2) is 0 Å². The fourth-order valence-corrected chi connectivity index (χ4v) is 3.54. The van der Waals surface area contributed by atoms with Crippen molar-refractivity contribution in [2.45, 2.75) is 27.7 Å². The molecule has 1 heterocycles. The Morgan fingerprint density at radius 2 is 1.52 bits per heavy atom. The highest BCUT2D eigenvalue weighted by atomic mass is 32.1. The van der Waals surface area contributed by atoms with Gasteiger partial charge in [0.05, 0.1) is 23.6 Å². The molecular weight excluding hydrogens is 430 g/mol. The third-order valence-corrected chi connectivity index (χ3v) is 4.96. The summed E-state index contributed by atoms with van der Waals surface area (Å²) < 4.78 is 5.10. The van der Waals surface area contributed by atoms with Crippen LogP contribution >= 0.6 is 11.3 Å². The van der Waals surface area contributed by atoms with Crippen molar-refractivity contribution in [2.24, 2.45) is 0 Å². The van der Waals surface area contributed by atoms with Crippen LogP contribution in [0.4, 0.5) is 5.00 Å².